The van der Waals surface area contributed by atoms with Gasteiger partial charge >= 0.3 is 0 Å². The van der Waals surface area contributed by atoms with Crippen molar-refractivity contribution in [3.05, 3.63) is 53.6 Å². The molecule has 0 aliphatic carbocycles. The Kier molecular flexibility index (Phi) is 4.69. The molecule has 1 N–H and O–H groups in total. The van der Waals surface area contributed by atoms with Gasteiger partial charge in [-0.15, -0.1) is 0 Å². The van der Waals surface area contributed by atoms with Crippen LogP contribution in [-0.2, 0) is 14.8 Å². The maximum absolute atomic E-state index is 12.5. The summed E-state index contributed by atoms with van der Waals surface area (Å²) < 4.78 is 29.9. The molecule has 0 saturated carbocycles. The zero-order chi connectivity index (χ0) is 18.9. The summed E-state index contributed by atoms with van der Waals surface area (Å²) in [5.74, 6) is -0.488. The molecular formula is C18H18N2O5S. The second-order valence-corrected chi connectivity index (χ2v) is 7.87. The van der Waals surface area contributed by atoms with Crippen molar-refractivity contribution >= 4 is 33.2 Å². The molecule has 26 heavy (non-hydrogen) atoms. The lowest BCUT2D eigenvalue weighted by Gasteiger charge is -2.15. The molecule has 2 aromatic carbocycles. The van der Waals surface area contributed by atoms with E-state index in [0.717, 1.165) is 9.87 Å². The third-order valence-electron chi connectivity index (χ3n) is 4.05. The van der Waals surface area contributed by atoms with E-state index in [4.69, 9.17) is 4.74 Å². The Balaban J connectivity index is 1.82. The van der Waals surface area contributed by atoms with Gasteiger partial charge in [0.2, 0.25) is 15.9 Å². The minimum absolute atomic E-state index is 0.0300. The SMILES string of the molecule is COc1ccc(C)cc1NC(=O)c1ccc(N2C(=O)CCS2(=O)=O)cc1. The van der Waals surface area contributed by atoms with E-state index < -0.39 is 15.9 Å². The lowest BCUT2D eigenvalue weighted by atomic mass is 10.1. The number of sulfonamides is 1. The van der Waals surface area contributed by atoms with Crippen LogP contribution in [0.2, 0.25) is 0 Å². The van der Waals surface area contributed by atoms with Crippen molar-refractivity contribution in [3.63, 3.8) is 0 Å². The van der Waals surface area contributed by atoms with Gasteiger partial charge in [0.15, 0.2) is 0 Å². The number of hydrogen-bond acceptors (Lipinski definition) is 5. The van der Waals surface area contributed by atoms with Crippen LogP contribution in [0.5, 0.6) is 5.75 Å². The average Bonchev–Trinajstić information content (AvgIpc) is 2.88. The summed E-state index contributed by atoms with van der Waals surface area (Å²) >= 11 is 0. The number of carbonyl (C=O) groups excluding carboxylic acids is 2. The lowest BCUT2D eigenvalue weighted by molar-refractivity contribution is -0.116. The summed E-state index contributed by atoms with van der Waals surface area (Å²) in [5, 5.41) is 2.77. The number of carbonyl (C=O) groups is 2. The minimum Gasteiger partial charge on any atom is -0.495 e. The highest BCUT2D eigenvalue weighted by molar-refractivity contribution is 7.94. The summed E-state index contributed by atoms with van der Waals surface area (Å²) in [5.41, 5.74) is 2.08. The van der Waals surface area contributed by atoms with Crippen LogP contribution in [0.4, 0.5) is 11.4 Å². The summed E-state index contributed by atoms with van der Waals surface area (Å²) in [4.78, 5) is 24.3. The highest BCUT2D eigenvalue weighted by atomic mass is 32.2. The Bertz CT molecular complexity index is 968. The third-order valence-corrected chi connectivity index (χ3v) is 5.74. The number of amides is 2. The first-order chi connectivity index (χ1) is 12.3. The fourth-order valence-corrected chi connectivity index (χ4v) is 4.19. The highest BCUT2D eigenvalue weighted by Gasteiger charge is 2.36. The van der Waals surface area contributed by atoms with Crippen molar-refractivity contribution < 1.29 is 22.7 Å². The molecule has 2 amide bonds. The largest absolute Gasteiger partial charge is 0.495 e. The van der Waals surface area contributed by atoms with Crippen molar-refractivity contribution in [2.75, 3.05) is 22.5 Å². The summed E-state index contributed by atoms with van der Waals surface area (Å²) in [6.07, 6.45) is -0.0300. The van der Waals surface area contributed by atoms with Crippen LogP contribution in [0.25, 0.3) is 0 Å². The van der Waals surface area contributed by atoms with Gasteiger partial charge in [-0.2, -0.15) is 0 Å². The Morgan fingerprint density at radius 2 is 1.85 bits per heavy atom. The fourth-order valence-electron chi connectivity index (χ4n) is 2.73. The van der Waals surface area contributed by atoms with Gasteiger partial charge in [-0.25, -0.2) is 12.7 Å². The van der Waals surface area contributed by atoms with Crippen LogP contribution >= 0.6 is 0 Å². The molecule has 1 fully saturated rings. The van der Waals surface area contributed by atoms with Gasteiger partial charge in [-0.05, 0) is 48.9 Å². The lowest BCUT2D eigenvalue weighted by Crippen LogP contribution is -2.29. The van der Waals surface area contributed by atoms with Gasteiger partial charge in [-0.1, -0.05) is 6.07 Å². The van der Waals surface area contributed by atoms with Crippen molar-refractivity contribution in [1.82, 2.24) is 0 Å². The molecule has 0 bridgehead atoms. The van der Waals surface area contributed by atoms with E-state index in [2.05, 4.69) is 5.32 Å². The molecule has 0 spiro atoms. The second-order valence-electron chi connectivity index (χ2n) is 5.93. The topological polar surface area (TPSA) is 92.8 Å². The molecule has 136 valence electrons. The predicted octanol–water partition coefficient (Wildman–Crippen LogP) is 2.32. The first-order valence-corrected chi connectivity index (χ1v) is 9.54. The molecule has 1 saturated heterocycles. The monoisotopic (exact) mass is 374 g/mol. The number of hydrogen-bond donors (Lipinski definition) is 1. The molecule has 0 radical (unpaired) electrons. The standard InChI is InChI=1S/C18H18N2O5S/c1-12-3-8-16(25-2)15(11-12)19-18(22)13-4-6-14(7-5-13)20-17(21)9-10-26(20,23)24/h3-8,11H,9-10H2,1-2H3,(H,19,22). The maximum Gasteiger partial charge on any atom is 0.255 e. The van der Waals surface area contributed by atoms with E-state index in [0.29, 0.717) is 17.0 Å². The van der Waals surface area contributed by atoms with Gasteiger partial charge in [0.25, 0.3) is 5.91 Å². The van der Waals surface area contributed by atoms with E-state index in [1.807, 2.05) is 13.0 Å². The fraction of sp³-hybridized carbons (Fsp3) is 0.222. The molecule has 8 heteroatoms. The van der Waals surface area contributed by atoms with Gasteiger partial charge < -0.3 is 10.1 Å². The Labute approximate surface area is 151 Å². The van der Waals surface area contributed by atoms with Gasteiger partial charge in [0.05, 0.1) is 24.2 Å². The van der Waals surface area contributed by atoms with E-state index in [-0.39, 0.29) is 23.8 Å². The first kappa shape index (κ1) is 17.9. The molecule has 1 aliphatic heterocycles. The van der Waals surface area contributed by atoms with Crippen molar-refractivity contribution in [3.8, 4) is 5.75 Å². The van der Waals surface area contributed by atoms with Crippen LogP contribution in [0, 0.1) is 6.92 Å². The zero-order valence-corrected chi connectivity index (χ0v) is 15.2. The molecule has 3 rings (SSSR count). The number of benzene rings is 2. The van der Waals surface area contributed by atoms with Gasteiger partial charge in [0, 0.05) is 12.0 Å². The Hall–Kier alpha value is -2.87. The molecule has 0 aromatic heterocycles. The molecule has 0 unspecified atom stereocenters. The molecule has 1 aliphatic rings. The van der Waals surface area contributed by atoms with Crippen LogP contribution in [0.15, 0.2) is 42.5 Å². The van der Waals surface area contributed by atoms with Gasteiger partial charge in [0.1, 0.15) is 5.75 Å². The molecule has 2 aromatic rings. The number of nitrogens with one attached hydrogen (secondary N) is 1. The Morgan fingerprint density at radius 3 is 2.42 bits per heavy atom. The van der Waals surface area contributed by atoms with E-state index in [1.165, 1.54) is 31.4 Å². The van der Waals surface area contributed by atoms with Crippen molar-refractivity contribution in [2.45, 2.75) is 13.3 Å². The second kappa shape index (κ2) is 6.80. The van der Waals surface area contributed by atoms with Crippen LogP contribution in [0.1, 0.15) is 22.3 Å². The van der Waals surface area contributed by atoms with Crippen LogP contribution < -0.4 is 14.4 Å². The highest BCUT2D eigenvalue weighted by Crippen LogP contribution is 2.27. The normalized spacial score (nSPS) is 15.8. The van der Waals surface area contributed by atoms with E-state index in [9.17, 15) is 18.0 Å². The first-order valence-electron chi connectivity index (χ1n) is 7.94. The predicted molar refractivity (Wildman–Crippen MR) is 98.0 cm³/mol. The van der Waals surface area contributed by atoms with Crippen LogP contribution in [-0.4, -0.2) is 33.1 Å². The minimum atomic E-state index is -3.62. The van der Waals surface area contributed by atoms with Crippen molar-refractivity contribution in [1.29, 1.82) is 0 Å². The smallest absolute Gasteiger partial charge is 0.255 e. The van der Waals surface area contributed by atoms with E-state index >= 15 is 0 Å². The summed E-state index contributed by atoms with van der Waals surface area (Å²) in [6.45, 7) is 1.90. The molecular weight excluding hydrogens is 356 g/mol. The average molecular weight is 374 g/mol. The number of methoxy groups -OCH3 is 1. The van der Waals surface area contributed by atoms with Crippen molar-refractivity contribution in [2.24, 2.45) is 0 Å². The van der Waals surface area contributed by atoms with E-state index in [1.54, 1.807) is 12.1 Å². The third kappa shape index (κ3) is 3.41. The zero-order valence-electron chi connectivity index (χ0n) is 14.4. The summed E-state index contributed by atoms with van der Waals surface area (Å²) in [6, 6.07) is 11.3. The van der Waals surface area contributed by atoms with Gasteiger partial charge in [-0.3, -0.25) is 9.59 Å². The summed E-state index contributed by atoms with van der Waals surface area (Å²) in [7, 11) is -2.10. The quantitative estimate of drug-likeness (QED) is 0.887. The number of rotatable bonds is 4. The number of anilines is 2. The molecule has 0 atom stereocenters. The maximum atomic E-state index is 12.5. The number of nitrogens with zero attached hydrogens (tertiary/aromatic N) is 1. The van der Waals surface area contributed by atoms with Crippen LogP contribution in [0.3, 0.4) is 0 Å². The number of ether oxygens (including phenoxy) is 1. The number of aryl methyl sites for hydroxylation is 1. The Morgan fingerprint density at radius 1 is 1.15 bits per heavy atom. The molecule has 7 nitrogen and oxygen atoms in total. The molecule has 1 heterocycles.